The number of carbonyl (C=O) groups is 1. The number of hydrogen-bond donors (Lipinski definition) is 0. The highest BCUT2D eigenvalue weighted by Gasteiger charge is 2.12. The summed E-state index contributed by atoms with van der Waals surface area (Å²) in [5.74, 6) is -0.214. The van der Waals surface area contributed by atoms with Crippen molar-refractivity contribution in [1.29, 1.82) is 0 Å². The fraction of sp³-hybridized carbons (Fsp3) is 0.462. The van der Waals surface area contributed by atoms with Gasteiger partial charge in [0, 0.05) is 0 Å². The van der Waals surface area contributed by atoms with Crippen LogP contribution in [-0.4, -0.2) is 12.1 Å². The maximum atomic E-state index is 11.7. The lowest BCUT2D eigenvalue weighted by atomic mass is 10.1. The molecular weight excluding hydrogens is 188 g/mol. The molecule has 1 aromatic carbocycles. The van der Waals surface area contributed by atoms with Crippen molar-refractivity contribution >= 4 is 5.97 Å². The molecule has 0 saturated carbocycles. The third kappa shape index (κ3) is 3.39. The van der Waals surface area contributed by atoms with Crippen molar-refractivity contribution in [3.8, 4) is 0 Å². The van der Waals surface area contributed by atoms with Gasteiger partial charge in [0.1, 0.15) is 0 Å². The quantitative estimate of drug-likeness (QED) is 0.706. The van der Waals surface area contributed by atoms with Crippen LogP contribution in [0.1, 0.15) is 42.6 Å². The smallest absolute Gasteiger partial charge is 0.338 e. The van der Waals surface area contributed by atoms with E-state index in [1.807, 2.05) is 32.0 Å². The van der Waals surface area contributed by atoms with Crippen molar-refractivity contribution in [3.63, 3.8) is 0 Å². The molecule has 0 bridgehead atoms. The summed E-state index contributed by atoms with van der Waals surface area (Å²) in [6.45, 7) is 5.93. The third-order valence-electron chi connectivity index (χ3n) is 2.37. The number of carbonyl (C=O) groups excluding carboxylic acids is 1. The molecule has 2 nitrogen and oxygen atoms in total. The molecule has 1 atom stereocenters. The highest BCUT2D eigenvalue weighted by Crippen LogP contribution is 2.11. The fourth-order valence-corrected chi connectivity index (χ4v) is 1.51. The Kier molecular flexibility index (Phi) is 4.35. The molecule has 2 heteroatoms. The molecule has 0 aromatic heterocycles. The van der Waals surface area contributed by atoms with Crippen LogP contribution < -0.4 is 0 Å². The summed E-state index contributed by atoms with van der Waals surface area (Å²) in [5, 5.41) is 0. The van der Waals surface area contributed by atoms with Crippen LogP contribution in [0.4, 0.5) is 0 Å². The van der Waals surface area contributed by atoms with E-state index in [2.05, 4.69) is 6.92 Å². The van der Waals surface area contributed by atoms with Gasteiger partial charge < -0.3 is 4.74 Å². The molecule has 0 aliphatic carbocycles. The van der Waals surface area contributed by atoms with Gasteiger partial charge in [-0.25, -0.2) is 4.79 Å². The first kappa shape index (κ1) is 11.8. The second-order valence-corrected chi connectivity index (χ2v) is 3.82. The molecule has 0 radical (unpaired) electrons. The average molecular weight is 206 g/mol. The SMILES string of the molecule is CCCC(C)OC(=O)c1ccccc1C. The summed E-state index contributed by atoms with van der Waals surface area (Å²) in [7, 11) is 0. The predicted molar refractivity (Wildman–Crippen MR) is 61.0 cm³/mol. The van der Waals surface area contributed by atoms with E-state index < -0.39 is 0 Å². The summed E-state index contributed by atoms with van der Waals surface area (Å²) in [6, 6.07) is 7.49. The first-order chi connectivity index (χ1) is 7.15. The van der Waals surface area contributed by atoms with E-state index >= 15 is 0 Å². The molecule has 0 aliphatic rings. The van der Waals surface area contributed by atoms with Crippen LogP contribution in [0.2, 0.25) is 0 Å². The van der Waals surface area contributed by atoms with Crippen molar-refractivity contribution < 1.29 is 9.53 Å². The molecule has 1 rings (SSSR count). The Hall–Kier alpha value is -1.31. The lowest BCUT2D eigenvalue weighted by Crippen LogP contribution is -2.15. The van der Waals surface area contributed by atoms with Crippen LogP contribution in [0.15, 0.2) is 24.3 Å². The Balaban J connectivity index is 2.65. The molecule has 0 heterocycles. The number of rotatable bonds is 4. The Morgan fingerprint density at radius 3 is 2.67 bits per heavy atom. The van der Waals surface area contributed by atoms with Gasteiger partial charge in [0.25, 0.3) is 0 Å². The van der Waals surface area contributed by atoms with Gasteiger partial charge in [0.15, 0.2) is 0 Å². The topological polar surface area (TPSA) is 26.3 Å². The maximum absolute atomic E-state index is 11.7. The highest BCUT2D eigenvalue weighted by molar-refractivity contribution is 5.91. The predicted octanol–water partition coefficient (Wildman–Crippen LogP) is 3.34. The Bertz CT molecular complexity index is 331. The minimum absolute atomic E-state index is 0.00195. The normalized spacial score (nSPS) is 12.2. The second kappa shape index (κ2) is 5.54. The number of aryl methyl sites for hydroxylation is 1. The summed E-state index contributed by atoms with van der Waals surface area (Å²) >= 11 is 0. The second-order valence-electron chi connectivity index (χ2n) is 3.82. The van der Waals surface area contributed by atoms with Crippen molar-refractivity contribution in [2.45, 2.75) is 39.7 Å². The van der Waals surface area contributed by atoms with E-state index in [0.29, 0.717) is 5.56 Å². The van der Waals surface area contributed by atoms with Gasteiger partial charge in [-0.05, 0) is 31.9 Å². The van der Waals surface area contributed by atoms with Crippen LogP contribution >= 0.6 is 0 Å². The van der Waals surface area contributed by atoms with E-state index in [4.69, 9.17) is 4.74 Å². The average Bonchev–Trinajstić information content (AvgIpc) is 2.18. The van der Waals surface area contributed by atoms with Gasteiger partial charge in [-0.2, -0.15) is 0 Å². The molecular formula is C13H18O2. The Labute approximate surface area is 91.3 Å². The minimum atomic E-state index is -0.214. The van der Waals surface area contributed by atoms with Gasteiger partial charge in [0.2, 0.25) is 0 Å². The molecule has 15 heavy (non-hydrogen) atoms. The van der Waals surface area contributed by atoms with E-state index in [0.717, 1.165) is 18.4 Å². The van der Waals surface area contributed by atoms with Crippen molar-refractivity contribution in [2.24, 2.45) is 0 Å². The van der Waals surface area contributed by atoms with Crippen LogP contribution in [-0.2, 0) is 4.74 Å². The van der Waals surface area contributed by atoms with Gasteiger partial charge >= 0.3 is 5.97 Å². The molecule has 0 N–H and O–H groups in total. The monoisotopic (exact) mass is 206 g/mol. The molecule has 0 amide bonds. The highest BCUT2D eigenvalue weighted by atomic mass is 16.5. The van der Waals surface area contributed by atoms with E-state index in [1.54, 1.807) is 6.07 Å². The van der Waals surface area contributed by atoms with Crippen molar-refractivity contribution in [3.05, 3.63) is 35.4 Å². The summed E-state index contributed by atoms with van der Waals surface area (Å²) in [5.41, 5.74) is 1.63. The number of benzene rings is 1. The summed E-state index contributed by atoms with van der Waals surface area (Å²) in [6.07, 6.45) is 1.95. The molecule has 0 saturated heterocycles. The van der Waals surface area contributed by atoms with E-state index in [9.17, 15) is 4.79 Å². The van der Waals surface area contributed by atoms with Gasteiger partial charge in [-0.3, -0.25) is 0 Å². The largest absolute Gasteiger partial charge is 0.459 e. The van der Waals surface area contributed by atoms with Gasteiger partial charge in [-0.15, -0.1) is 0 Å². The number of esters is 1. The van der Waals surface area contributed by atoms with Crippen molar-refractivity contribution in [2.75, 3.05) is 0 Å². The Morgan fingerprint density at radius 1 is 1.40 bits per heavy atom. The fourth-order valence-electron chi connectivity index (χ4n) is 1.51. The molecule has 82 valence electrons. The molecule has 0 spiro atoms. The zero-order valence-corrected chi connectivity index (χ0v) is 9.62. The Morgan fingerprint density at radius 2 is 2.07 bits per heavy atom. The van der Waals surface area contributed by atoms with E-state index in [-0.39, 0.29) is 12.1 Å². The van der Waals surface area contributed by atoms with Gasteiger partial charge in [0.05, 0.1) is 11.7 Å². The van der Waals surface area contributed by atoms with Crippen LogP contribution in [0.25, 0.3) is 0 Å². The van der Waals surface area contributed by atoms with Crippen LogP contribution in [0.5, 0.6) is 0 Å². The number of ether oxygens (including phenoxy) is 1. The molecule has 0 fully saturated rings. The standard InChI is InChI=1S/C13H18O2/c1-4-7-11(3)15-13(14)12-9-6-5-8-10(12)2/h5-6,8-9,11H,4,7H2,1-3H3. The zero-order valence-electron chi connectivity index (χ0n) is 9.62. The first-order valence-corrected chi connectivity index (χ1v) is 5.41. The minimum Gasteiger partial charge on any atom is -0.459 e. The summed E-state index contributed by atoms with van der Waals surface area (Å²) < 4.78 is 5.32. The molecule has 1 unspecified atom stereocenters. The van der Waals surface area contributed by atoms with Crippen molar-refractivity contribution in [1.82, 2.24) is 0 Å². The first-order valence-electron chi connectivity index (χ1n) is 5.41. The van der Waals surface area contributed by atoms with E-state index in [1.165, 1.54) is 0 Å². The summed E-state index contributed by atoms with van der Waals surface area (Å²) in [4.78, 5) is 11.7. The third-order valence-corrected chi connectivity index (χ3v) is 2.37. The van der Waals surface area contributed by atoms with Gasteiger partial charge in [-0.1, -0.05) is 31.5 Å². The zero-order chi connectivity index (χ0) is 11.3. The molecule has 0 aliphatic heterocycles. The van der Waals surface area contributed by atoms with Crippen LogP contribution in [0.3, 0.4) is 0 Å². The van der Waals surface area contributed by atoms with Crippen LogP contribution in [0, 0.1) is 6.92 Å². The maximum Gasteiger partial charge on any atom is 0.338 e. The lowest BCUT2D eigenvalue weighted by Gasteiger charge is -2.12. The molecule has 1 aromatic rings. The number of hydrogen-bond acceptors (Lipinski definition) is 2. The lowest BCUT2D eigenvalue weighted by molar-refractivity contribution is 0.0322.